The topological polar surface area (TPSA) is 59.1 Å². The Bertz CT molecular complexity index is 1160. The van der Waals surface area contributed by atoms with Crippen LogP contribution in [0.1, 0.15) is 61.5 Å². The minimum absolute atomic E-state index is 0.101. The molecular formula is C27H33ClN2O4. The second-order valence-corrected chi connectivity index (χ2v) is 11.1. The van der Waals surface area contributed by atoms with Gasteiger partial charge in [-0.25, -0.2) is 0 Å². The summed E-state index contributed by atoms with van der Waals surface area (Å²) in [6.45, 7) is 8.64. The van der Waals surface area contributed by atoms with E-state index < -0.39 is 5.79 Å². The van der Waals surface area contributed by atoms with Crippen molar-refractivity contribution < 1.29 is 19.1 Å². The first-order valence-corrected chi connectivity index (χ1v) is 12.5. The van der Waals surface area contributed by atoms with E-state index in [9.17, 15) is 9.59 Å². The number of hydrogen-bond donors (Lipinski definition) is 0. The van der Waals surface area contributed by atoms with Gasteiger partial charge in [-0.3, -0.25) is 9.59 Å². The van der Waals surface area contributed by atoms with Gasteiger partial charge < -0.3 is 19.3 Å². The molecule has 7 heteroatoms. The van der Waals surface area contributed by atoms with E-state index in [-0.39, 0.29) is 17.6 Å². The molecule has 1 aromatic carbocycles. The number of ether oxygens (including phenoxy) is 2. The highest BCUT2D eigenvalue weighted by Gasteiger charge is 2.52. The van der Waals surface area contributed by atoms with Crippen LogP contribution in [0.3, 0.4) is 0 Å². The van der Waals surface area contributed by atoms with Crippen LogP contribution in [0.25, 0.3) is 0 Å². The zero-order chi connectivity index (χ0) is 24.5. The summed E-state index contributed by atoms with van der Waals surface area (Å²) in [7, 11) is 4.19. The van der Waals surface area contributed by atoms with Gasteiger partial charge in [-0.1, -0.05) is 23.3 Å². The average Bonchev–Trinajstić information content (AvgIpc) is 3.07. The lowest BCUT2D eigenvalue weighted by Crippen LogP contribution is -2.54. The van der Waals surface area contributed by atoms with E-state index in [4.69, 9.17) is 21.1 Å². The van der Waals surface area contributed by atoms with Gasteiger partial charge in [0, 0.05) is 49.5 Å². The van der Waals surface area contributed by atoms with Gasteiger partial charge in [-0.2, -0.15) is 0 Å². The Kier molecular flexibility index (Phi) is 5.60. The molecule has 0 N–H and O–H groups in total. The third-order valence-corrected chi connectivity index (χ3v) is 8.48. The fourth-order valence-electron chi connectivity index (χ4n) is 5.77. The standard InChI is InChI=1S/C27H33ClN2O4/c1-14-9-15(2)20(21(31)10-14)13-30-8-7-19-22(26(30)32)16(3)24-25(23(19)28)34-27(4,33-24)17-11-18(12-17)29(5)6/h9,17-18H,7-8,10-13H2,1-6H3. The lowest BCUT2D eigenvalue weighted by molar-refractivity contribution is -0.148. The van der Waals surface area contributed by atoms with Crippen molar-refractivity contribution in [2.45, 2.75) is 65.2 Å². The summed E-state index contributed by atoms with van der Waals surface area (Å²) >= 11 is 6.83. The predicted octanol–water partition coefficient (Wildman–Crippen LogP) is 4.71. The van der Waals surface area contributed by atoms with Gasteiger partial charge in [-0.15, -0.1) is 0 Å². The van der Waals surface area contributed by atoms with Crippen molar-refractivity contribution in [2.24, 2.45) is 5.92 Å². The van der Waals surface area contributed by atoms with E-state index in [1.165, 1.54) is 0 Å². The normalized spacial score (nSPS) is 28.4. The fraction of sp³-hybridized carbons (Fsp3) is 0.556. The number of rotatable bonds is 4. The number of hydrogen-bond acceptors (Lipinski definition) is 5. The molecule has 6 nitrogen and oxygen atoms in total. The molecule has 1 aromatic rings. The zero-order valence-corrected chi connectivity index (χ0v) is 21.6. The minimum Gasteiger partial charge on any atom is -0.448 e. The lowest BCUT2D eigenvalue weighted by atomic mass is 9.74. The summed E-state index contributed by atoms with van der Waals surface area (Å²) in [6.07, 6.45) is 5.08. The number of nitrogens with zero attached hydrogens (tertiary/aromatic N) is 2. The van der Waals surface area contributed by atoms with Crippen molar-refractivity contribution in [3.8, 4) is 11.5 Å². The summed E-state index contributed by atoms with van der Waals surface area (Å²) in [4.78, 5) is 30.3. The zero-order valence-electron chi connectivity index (χ0n) is 20.9. The molecule has 0 spiro atoms. The van der Waals surface area contributed by atoms with Gasteiger partial charge >= 0.3 is 0 Å². The monoisotopic (exact) mass is 484 g/mol. The van der Waals surface area contributed by atoms with E-state index in [1.807, 2.05) is 33.8 Å². The number of amides is 1. The second-order valence-electron chi connectivity index (χ2n) is 10.7. The number of benzene rings is 1. The molecule has 2 aliphatic carbocycles. The molecule has 2 aliphatic heterocycles. The van der Waals surface area contributed by atoms with Gasteiger partial charge in [0.1, 0.15) is 0 Å². The molecule has 1 unspecified atom stereocenters. The Balaban J connectivity index is 1.43. The van der Waals surface area contributed by atoms with Crippen LogP contribution in [0.15, 0.2) is 22.8 Å². The number of fused-ring (bicyclic) bond motifs is 2. The summed E-state index contributed by atoms with van der Waals surface area (Å²) in [5.74, 6) is 0.626. The molecule has 182 valence electrons. The Morgan fingerprint density at radius 3 is 2.47 bits per heavy atom. The predicted molar refractivity (Wildman–Crippen MR) is 132 cm³/mol. The van der Waals surface area contributed by atoms with Crippen molar-refractivity contribution >= 4 is 23.3 Å². The van der Waals surface area contributed by atoms with Gasteiger partial charge in [0.25, 0.3) is 11.7 Å². The molecule has 34 heavy (non-hydrogen) atoms. The van der Waals surface area contributed by atoms with Crippen LogP contribution >= 0.6 is 11.6 Å². The van der Waals surface area contributed by atoms with Crippen molar-refractivity contribution in [2.75, 3.05) is 27.2 Å². The number of halogens is 1. The molecule has 0 saturated heterocycles. The summed E-state index contributed by atoms with van der Waals surface area (Å²) in [5.41, 5.74) is 4.91. The summed E-state index contributed by atoms with van der Waals surface area (Å²) in [5, 5.41) is 0.485. The van der Waals surface area contributed by atoms with Crippen LogP contribution in [0.4, 0.5) is 0 Å². The fourth-order valence-corrected chi connectivity index (χ4v) is 6.09. The van der Waals surface area contributed by atoms with Gasteiger partial charge in [-0.05, 0) is 65.3 Å². The molecule has 0 bridgehead atoms. The number of ketones is 1. The number of carbonyl (C=O) groups is 2. The summed E-state index contributed by atoms with van der Waals surface area (Å²) in [6, 6.07) is 0.525. The van der Waals surface area contributed by atoms with Crippen LogP contribution in [-0.2, 0) is 11.2 Å². The Hall–Kier alpha value is -2.31. The maximum atomic E-state index is 13.6. The van der Waals surface area contributed by atoms with Gasteiger partial charge in [0.2, 0.25) is 0 Å². The smallest absolute Gasteiger partial charge is 0.254 e. The van der Waals surface area contributed by atoms with Crippen LogP contribution in [0.2, 0.25) is 5.02 Å². The van der Waals surface area contributed by atoms with Crippen LogP contribution in [0.5, 0.6) is 11.5 Å². The Labute approximate surface area is 206 Å². The molecule has 1 fully saturated rings. The van der Waals surface area contributed by atoms with Crippen molar-refractivity contribution in [1.29, 1.82) is 0 Å². The molecule has 0 radical (unpaired) electrons. The largest absolute Gasteiger partial charge is 0.448 e. The third-order valence-electron chi connectivity index (χ3n) is 8.08. The quantitative estimate of drug-likeness (QED) is 0.619. The molecule has 4 aliphatic rings. The maximum Gasteiger partial charge on any atom is 0.254 e. The number of Topliss-reactive ketones (excluding diaryl/α,β-unsaturated/α-hetero) is 1. The van der Waals surface area contributed by atoms with E-state index >= 15 is 0 Å². The van der Waals surface area contributed by atoms with E-state index in [1.54, 1.807) is 4.90 Å². The molecule has 5 rings (SSSR count). The first-order chi connectivity index (χ1) is 16.0. The van der Waals surface area contributed by atoms with Crippen molar-refractivity contribution in [3.05, 3.63) is 44.5 Å². The first-order valence-electron chi connectivity index (χ1n) is 12.1. The first kappa shape index (κ1) is 23.4. The van der Waals surface area contributed by atoms with Crippen molar-refractivity contribution in [3.63, 3.8) is 0 Å². The molecule has 0 aromatic heterocycles. The molecule has 2 heterocycles. The van der Waals surface area contributed by atoms with E-state index in [0.29, 0.717) is 54.1 Å². The van der Waals surface area contributed by atoms with Gasteiger partial charge in [0.15, 0.2) is 17.3 Å². The highest BCUT2D eigenvalue weighted by Crippen LogP contribution is 2.55. The lowest BCUT2D eigenvalue weighted by Gasteiger charge is -2.45. The summed E-state index contributed by atoms with van der Waals surface area (Å²) < 4.78 is 12.8. The minimum atomic E-state index is -0.781. The SMILES string of the molecule is CC1=CC(C)=C(CN2CCc3c(Cl)c4c(c(C)c3C2=O)OC(C)(C2CC(N(C)C)C2)O4)C(=O)C1. The molecule has 1 amide bonds. The van der Waals surface area contributed by atoms with Crippen LogP contribution in [0, 0.1) is 12.8 Å². The molecule has 1 atom stereocenters. The van der Waals surface area contributed by atoms with E-state index in [0.717, 1.165) is 40.7 Å². The number of carbonyl (C=O) groups excluding carboxylic acids is 2. The Morgan fingerprint density at radius 2 is 1.82 bits per heavy atom. The highest BCUT2D eigenvalue weighted by atomic mass is 35.5. The van der Waals surface area contributed by atoms with Gasteiger partial charge in [0.05, 0.1) is 10.6 Å². The van der Waals surface area contributed by atoms with Crippen LogP contribution < -0.4 is 9.47 Å². The third kappa shape index (κ3) is 3.57. The highest BCUT2D eigenvalue weighted by molar-refractivity contribution is 6.34. The average molecular weight is 485 g/mol. The molecular weight excluding hydrogens is 452 g/mol. The number of allylic oxidation sites excluding steroid dienone is 3. The Morgan fingerprint density at radius 1 is 1.15 bits per heavy atom. The molecule has 1 saturated carbocycles. The van der Waals surface area contributed by atoms with E-state index in [2.05, 4.69) is 19.0 Å². The maximum absolute atomic E-state index is 13.6. The van der Waals surface area contributed by atoms with Crippen molar-refractivity contribution in [1.82, 2.24) is 9.80 Å². The second kappa shape index (κ2) is 8.13. The van der Waals surface area contributed by atoms with Crippen LogP contribution in [-0.4, -0.2) is 60.5 Å².